The third-order valence-corrected chi connectivity index (χ3v) is 8.84. The van der Waals surface area contributed by atoms with E-state index in [4.69, 9.17) is 52.1 Å². The monoisotopic (exact) mass is 859 g/mol. The van der Waals surface area contributed by atoms with Crippen LogP contribution in [-0.4, -0.2) is 122 Å². The fourth-order valence-electron chi connectivity index (χ4n) is 6.38. The third-order valence-electron chi connectivity index (χ3n) is 8.84. The number of hydrogen-bond donors (Lipinski definition) is 1. The highest BCUT2D eigenvalue weighted by molar-refractivity contribution is 5.89. The van der Waals surface area contributed by atoms with Crippen molar-refractivity contribution in [3.05, 3.63) is 71.3 Å². The van der Waals surface area contributed by atoms with Gasteiger partial charge in [0.05, 0.1) is 12.2 Å². The van der Waals surface area contributed by atoms with Crippen molar-refractivity contribution in [1.29, 1.82) is 0 Å². The number of carbonyl (C=O) groups excluding carboxylic acids is 8. The molecule has 10 atom stereocenters. The molecular formula is C41H49NO19. The van der Waals surface area contributed by atoms with E-state index in [0.717, 1.165) is 41.5 Å². The second kappa shape index (κ2) is 22.6. The minimum atomic E-state index is -1.76. The fraction of sp³-hybridized carbons (Fsp3) is 0.512. The molecule has 0 aliphatic carbocycles. The molecule has 1 amide bonds. The summed E-state index contributed by atoms with van der Waals surface area (Å²) in [6, 6.07) is 13.0. The highest BCUT2D eigenvalue weighted by Gasteiger charge is 2.57. The molecule has 20 heteroatoms. The molecule has 0 unspecified atom stereocenters. The van der Waals surface area contributed by atoms with Gasteiger partial charge >= 0.3 is 41.8 Å². The summed E-state index contributed by atoms with van der Waals surface area (Å²) in [6.07, 6.45) is -14.1. The standard InChI is InChI=1S/C41H49NO19/c1-21(43)42-33-36(57-27(7)49)34(55-25(5)47)31(19-52-23(3)45)58-40(33)61-37-35(56-26(6)48)32(20-53-24(4)46)59-41(38(37)60-39(50)30-11-9-8-10-12-30)54-18-29-15-13-28(14-16-29)17-51-22(2)44/h8-16,31-38,40-41H,17-20H2,1-7H3,(H,42,43)/t31-,32-,33-,34-,35+,36-,37+,38-,40+,41-/m1/s1. The van der Waals surface area contributed by atoms with Gasteiger partial charge in [-0.1, -0.05) is 42.5 Å². The second-order valence-electron chi connectivity index (χ2n) is 13.9. The number of rotatable bonds is 17. The third kappa shape index (κ3) is 14.6. The van der Waals surface area contributed by atoms with E-state index in [9.17, 15) is 38.4 Å². The smallest absolute Gasteiger partial charge is 0.338 e. The van der Waals surface area contributed by atoms with Crippen LogP contribution in [0.25, 0.3) is 0 Å². The summed E-state index contributed by atoms with van der Waals surface area (Å²) in [5.74, 6) is -6.15. The van der Waals surface area contributed by atoms with Crippen molar-refractivity contribution in [2.24, 2.45) is 0 Å². The van der Waals surface area contributed by atoms with Gasteiger partial charge in [0.2, 0.25) is 5.91 Å². The number of nitrogens with one attached hydrogen (secondary N) is 1. The van der Waals surface area contributed by atoms with Crippen LogP contribution in [0.5, 0.6) is 0 Å². The van der Waals surface area contributed by atoms with Crippen molar-refractivity contribution in [2.75, 3.05) is 13.2 Å². The molecule has 61 heavy (non-hydrogen) atoms. The molecule has 2 aliphatic heterocycles. The first kappa shape index (κ1) is 47.7. The van der Waals surface area contributed by atoms with E-state index in [1.807, 2.05) is 0 Å². The lowest BCUT2D eigenvalue weighted by atomic mass is 9.94. The quantitative estimate of drug-likeness (QED) is 0.176. The Balaban J connectivity index is 1.85. The van der Waals surface area contributed by atoms with Crippen molar-refractivity contribution < 1.29 is 90.5 Å². The minimum Gasteiger partial charge on any atom is -0.463 e. The van der Waals surface area contributed by atoms with Crippen LogP contribution in [0.15, 0.2) is 54.6 Å². The molecule has 0 bridgehead atoms. The summed E-state index contributed by atoms with van der Waals surface area (Å²) in [5.41, 5.74) is 1.34. The molecule has 332 valence electrons. The molecule has 2 aromatic carbocycles. The number of amides is 1. The van der Waals surface area contributed by atoms with Crippen LogP contribution in [0, 0.1) is 0 Å². The van der Waals surface area contributed by atoms with Gasteiger partial charge in [-0.3, -0.25) is 33.6 Å². The SMILES string of the molecule is CC(=O)N[C@H]1[C@H](O[C@H]2[C@@H](OC(C)=O)[C@@H](COC(C)=O)O[C@@H](OCc3ccc(COC(C)=O)cc3)[C@@H]2OC(=O)c2ccccc2)O[C@H](COC(C)=O)[C@@H](OC(C)=O)[C@@H]1OC(C)=O. The zero-order valence-electron chi connectivity index (χ0n) is 34.6. The molecule has 1 N–H and O–H groups in total. The van der Waals surface area contributed by atoms with Gasteiger partial charge < -0.3 is 57.4 Å². The molecule has 2 saturated heterocycles. The van der Waals surface area contributed by atoms with Gasteiger partial charge in [0, 0.05) is 48.5 Å². The highest BCUT2D eigenvalue weighted by Crippen LogP contribution is 2.35. The maximum absolute atomic E-state index is 13.8. The van der Waals surface area contributed by atoms with Crippen LogP contribution in [-0.2, 0) is 98.9 Å². The zero-order valence-corrected chi connectivity index (χ0v) is 34.6. The molecule has 0 saturated carbocycles. The Morgan fingerprint density at radius 3 is 1.48 bits per heavy atom. The molecule has 0 spiro atoms. The Labute approximate surface area is 350 Å². The van der Waals surface area contributed by atoms with Gasteiger partial charge in [0.25, 0.3) is 0 Å². The molecule has 2 heterocycles. The Morgan fingerprint density at radius 2 is 0.984 bits per heavy atom. The predicted octanol–water partition coefficient (Wildman–Crippen LogP) is 1.75. The number of ether oxygens (including phenoxy) is 11. The number of carbonyl (C=O) groups is 8. The Morgan fingerprint density at radius 1 is 0.508 bits per heavy atom. The molecule has 20 nitrogen and oxygen atoms in total. The second-order valence-corrected chi connectivity index (χ2v) is 13.9. The topological polar surface area (TPSA) is 250 Å². The summed E-state index contributed by atoms with van der Waals surface area (Å²) in [4.78, 5) is 99.6. The van der Waals surface area contributed by atoms with Crippen molar-refractivity contribution >= 4 is 47.7 Å². The van der Waals surface area contributed by atoms with Crippen LogP contribution >= 0.6 is 0 Å². The molecule has 0 aromatic heterocycles. The lowest BCUT2D eigenvalue weighted by molar-refractivity contribution is -0.349. The first-order valence-electron chi connectivity index (χ1n) is 19.0. The van der Waals surface area contributed by atoms with E-state index >= 15 is 0 Å². The van der Waals surface area contributed by atoms with Gasteiger partial charge in [-0.25, -0.2) is 4.79 Å². The maximum Gasteiger partial charge on any atom is 0.338 e. The number of hydrogen-bond acceptors (Lipinski definition) is 19. The van der Waals surface area contributed by atoms with Crippen molar-refractivity contribution in [2.45, 2.75) is 123 Å². The first-order valence-corrected chi connectivity index (χ1v) is 19.0. The van der Waals surface area contributed by atoms with Crippen molar-refractivity contribution in [1.82, 2.24) is 5.32 Å². The van der Waals surface area contributed by atoms with E-state index in [1.165, 1.54) is 19.1 Å². The van der Waals surface area contributed by atoms with Gasteiger partial charge in [-0.15, -0.1) is 0 Å². The Kier molecular flexibility index (Phi) is 17.7. The molecular weight excluding hydrogens is 810 g/mol. The molecule has 0 radical (unpaired) electrons. The van der Waals surface area contributed by atoms with Crippen LogP contribution < -0.4 is 5.32 Å². The van der Waals surface area contributed by atoms with E-state index in [0.29, 0.717) is 11.1 Å². The average Bonchev–Trinajstić information content (AvgIpc) is 3.18. The molecule has 2 aliphatic rings. The highest BCUT2D eigenvalue weighted by atomic mass is 16.8. The van der Waals surface area contributed by atoms with Crippen molar-refractivity contribution in [3.63, 3.8) is 0 Å². The fourth-order valence-corrected chi connectivity index (χ4v) is 6.38. The van der Waals surface area contributed by atoms with E-state index < -0.39 is 122 Å². The molecule has 4 rings (SSSR count). The normalized spacial score (nSPS) is 25.8. The van der Waals surface area contributed by atoms with Crippen molar-refractivity contribution in [3.8, 4) is 0 Å². The van der Waals surface area contributed by atoms with E-state index in [-0.39, 0.29) is 18.8 Å². The predicted molar refractivity (Wildman–Crippen MR) is 202 cm³/mol. The van der Waals surface area contributed by atoms with Crippen LogP contribution in [0.4, 0.5) is 0 Å². The van der Waals surface area contributed by atoms with Crippen LogP contribution in [0.1, 0.15) is 70.0 Å². The van der Waals surface area contributed by atoms with Crippen LogP contribution in [0.3, 0.4) is 0 Å². The van der Waals surface area contributed by atoms with E-state index in [2.05, 4.69) is 5.32 Å². The Bertz CT molecular complexity index is 1870. The first-order chi connectivity index (χ1) is 28.9. The summed E-state index contributed by atoms with van der Waals surface area (Å²) in [6.45, 7) is 6.58. The summed E-state index contributed by atoms with van der Waals surface area (Å²) >= 11 is 0. The minimum absolute atomic E-state index is 0.0263. The largest absolute Gasteiger partial charge is 0.463 e. The van der Waals surface area contributed by atoms with Gasteiger partial charge in [0.1, 0.15) is 44.2 Å². The van der Waals surface area contributed by atoms with Gasteiger partial charge in [-0.2, -0.15) is 0 Å². The zero-order chi connectivity index (χ0) is 44.8. The average molecular weight is 860 g/mol. The summed E-state index contributed by atoms with van der Waals surface area (Å²) in [5, 5.41) is 2.59. The Hall–Kier alpha value is -5.96. The lowest BCUT2D eigenvalue weighted by Gasteiger charge is -2.49. The summed E-state index contributed by atoms with van der Waals surface area (Å²) < 4.78 is 63.8. The van der Waals surface area contributed by atoms with E-state index in [1.54, 1.807) is 42.5 Å². The lowest BCUT2D eigenvalue weighted by Crippen LogP contribution is -2.69. The maximum atomic E-state index is 13.8. The van der Waals surface area contributed by atoms with Crippen LogP contribution in [0.2, 0.25) is 0 Å². The van der Waals surface area contributed by atoms with Gasteiger partial charge in [0.15, 0.2) is 37.0 Å². The molecule has 2 aromatic rings. The number of esters is 7. The van der Waals surface area contributed by atoms with Gasteiger partial charge in [-0.05, 0) is 23.3 Å². The summed E-state index contributed by atoms with van der Waals surface area (Å²) in [7, 11) is 0. The molecule has 2 fully saturated rings. The number of benzene rings is 2.